The lowest BCUT2D eigenvalue weighted by Gasteiger charge is -2.45. The van der Waals surface area contributed by atoms with Gasteiger partial charge in [-0.1, -0.05) is 0 Å². The van der Waals surface area contributed by atoms with E-state index in [4.69, 9.17) is 9.47 Å². The Kier molecular flexibility index (Phi) is 7.50. The van der Waals surface area contributed by atoms with Gasteiger partial charge in [-0.2, -0.15) is 21.6 Å². The van der Waals surface area contributed by atoms with Gasteiger partial charge in [0.25, 0.3) is 5.88 Å². The molecule has 1 fully saturated rings. The monoisotopic (exact) mass is 548 g/mol. The minimum absolute atomic E-state index is 0.102. The van der Waals surface area contributed by atoms with E-state index in [9.17, 15) is 31.2 Å². The summed E-state index contributed by atoms with van der Waals surface area (Å²) < 4.78 is 75.5. The molecule has 1 aliphatic heterocycles. The zero-order valence-corrected chi connectivity index (χ0v) is 21.8. The number of anilines is 1. The molecule has 3 rings (SSSR count). The van der Waals surface area contributed by atoms with Gasteiger partial charge >= 0.3 is 27.7 Å². The van der Waals surface area contributed by atoms with Crippen molar-refractivity contribution in [1.29, 1.82) is 0 Å². The Labute approximate surface area is 211 Å². The number of fused-ring (bicyclic) bond motifs is 1. The van der Waals surface area contributed by atoms with Crippen molar-refractivity contribution in [1.82, 2.24) is 14.9 Å². The smallest absolute Gasteiger partial charge is 0.465 e. The van der Waals surface area contributed by atoms with Crippen molar-refractivity contribution in [3.8, 4) is 5.88 Å². The Morgan fingerprint density at radius 2 is 1.65 bits per heavy atom. The first-order valence-corrected chi connectivity index (χ1v) is 12.5. The van der Waals surface area contributed by atoms with Crippen molar-refractivity contribution in [2.75, 3.05) is 25.1 Å². The molecule has 0 aliphatic carbocycles. The van der Waals surface area contributed by atoms with Crippen molar-refractivity contribution >= 4 is 38.9 Å². The summed E-state index contributed by atoms with van der Waals surface area (Å²) in [5.41, 5.74) is -6.17. The highest BCUT2D eigenvalue weighted by Crippen LogP contribution is 2.33. The van der Waals surface area contributed by atoms with Crippen LogP contribution in [0.3, 0.4) is 0 Å². The number of hydrogen-bond donors (Lipinski definition) is 0. The third-order valence-electron chi connectivity index (χ3n) is 5.40. The van der Waals surface area contributed by atoms with Gasteiger partial charge in [0.05, 0.1) is 36.6 Å². The van der Waals surface area contributed by atoms with Crippen LogP contribution in [0.2, 0.25) is 0 Å². The molecule has 204 valence electrons. The summed E-state index contributed by atoms with van der Waals surface area (Å²) in [5, 5.41) is 0. The fourth-order valence-corrected chi connectivity index (χ4v) is 4.39. The van der Waals surface area contributed by atoms with Crippen molar-refractivity contribution < 1.29 is 44.8 Å². The predicted molar refractivity (Wildman–Crippen MR) is 126 cm³/mol. The second-order valence-electron chi connectivity index (χ2n) is 9.50. The number of halogens is 3. The number of nitrogens with zero attached hydrogens (tertiary/aromatic N) is 4. The molecule has 0 unspecified atom stereocenters. The largest absolute Gasteiger partial charge is 0.534 e. The zero-order chi connectivity index (χ0) is 27.9. The van der Waals surface area contributed by atoms with Gasteiger partial charge in [-0.25, -0.2) is 19.6 Å². The molecule has 1 aromatic heterocycles. The van der Waals surface area contributed by atoms with Crippen LogP contribution >= 0.6 is 0 Å². The van der Waals surface area contributed by atoms with Gasteiger partial charge in [0.2, 0.25) is 0 Å². The molecular formula is C22H27F3N4O7S. The highest BCUT2D eigenvalue weighted by molar-refractivity contribution is 7.87. The summed E-state index contributed by atoms with van der Waals surface area (Å²) in [5.74, 6) is -1.83. The van der Waals surface area contributed by atoms with E-state index in [1.807, 2.05) is 18.7 Å². The molecule has 11 nitrogen and oxygen atoms in total. The van der Waals surface area contributed by atoms with E-state index < -0.39 is 39.2 Å². The van der Waals surface area contributed by atoms with Crippen molar-refractivity contribution in [2.24, 2.45) is 0 Å². The lowest BCUT2D eigenvalue weighted by molar-refractivity contribution is -0.0501. The van der Waals surface area contributed by atoms with Gasteiger partial charge in [0.15, 0.2) is 0 Å². The number of alkyl halides is 3. The Morgan fingerprint density at radius 3 is 2.16 bits per heavy atom. The first kappa shape index (κ1) is 28.2. The predicted octanol–water partition coefficient (Wildman–Crippen LogP) is 3.48. The molecule has 2 heterocycles. The van der Waals surface area contributed by atoms with Gasteiger partial charge in [-0.05, 0) is 46.8 Å². The number of hydrogen-bond acceptors (Lipinski definition) is 10. The molecule has 0 saturated carbocycles. The number of benzene rings is 1. The fraction of sp³-hybridized carbons (Fsp3) is 0.545. The number of carbonyl (C=O) groups excluding carboxylic acids is 2. The van der Waals surface area contributed by atoms with Gasteiger partial charge in [0.1, 0.15) is 16.6 Å². The second-order valence-corrected chi connectivity index (χ2v) is 11.0. The Hall–Kier alpha value is -3.36. The van der Waals surface area contributed by atoms with Gasteiger partial charge < -0.3 is 18.6 Å². The average Bonchev–Trinajstić information content (AvgIpc) is 2.74. The molecule has 1 aliphatic rings. The molecule has 1 saturated heterocycles. The molecule has 1 amide bonds. The van der Waals surface area contributed by atoms with Gasteiger partial charge in [0, 0.05) is 13.1 Å². The zero-order valence-electron chi connectivity index (χ0n) is 21.0. The van der Waals surface area contributed by atoms with Crippen LogP contribution in [0, 0.1) is 0 Å². The molecule has 15 heteroatoms. The summed E-state index contributed by atoms with van der Waals surface area (Å²) >= 11 is 0. The molecule has 0 radical (unpaired) electrons. The fourth-order valence-electron chi connectivity index (χ4n) is 3.99. The number of carbonyl (C=O) groups is 2. The number of amides is 1. The van der Waals surface area contributed by atoms with E-state index in [-0.39, 0.29) is 28.7 Å². The molecule has 0 N–H and O–H groups in total. The molecule has 0 spiro atoms. The Balaban J connectivity index is 2.02. The Morgan fingerprint density at radius 1 is 1.05 bits per heavy atom. The molecule has 0 bridgehead atoms. The van der Waals surface area contributed by atoms with Crippen LogP contribution in [0.25, 0.3) is 11.0 Å². The van der Waals surface area contributed by atoms with E-state index in [1.165, 1.54) is 6.07 Å². The normalized spacial score (nSPS) is 19.1. The number of piperazine rings is 1. The summed E-state index contributed by atoms with van der Waals surface area (Å²) in [6, 6.07) is 2.30. The third kappa shape index (κ3) is 5.97. The van der Waals surface area contributed by atoms with Crippen LogP contribution in [0.4, 0.5) is 23.7 Å². The summed E-state index contributed by atoms with van der Waals surface area (Å²) in [6.45, 7) is 9.62. The van der Waals surface area contributed by atoms with Crippen molar-refractivity contribution in [2.45, 2.75) is 57.8 Å². The van der Waals surface area contributed by atoms with E-state index in [2.05, 4.69) is 14.2 Å². The maximum Gasteiger partial charge on any atom is 0.534 e. The standard InChI is InChI=1S/C22H27F3N4O7S/c1-12-10-28(11-13(2)29(12)20(31)35-21(3,4)5)15-8-7-14(19(30)34-6)17-18(15)26-9-16(27-17)36-37(32,33)22(23,24)25/h7-9,12-13H,10-11H2,1-6H3/t12-,13+. The number of aromatic nitrogens is 2. The van der Waals surface area contributed by atoms with Crippen molar-refractivity contribution in [3.05, 3.63) is 23.9 Å². The first-order valence-electron chi connectivity index (χ1n) is 11.1. The average molecular weight is 549 g/mol. The number of rotatable bonds is 4. The van der Waals surface area contributed by atoms with Crippen LogP contribution in [-0.2, 0) is 19.6 Å². The quantitative estimate of drug-likeness (QED) is 0.318. The number of ether oxygens (including phenoxy) is 2. The molecule has 37 heavy (non-hydrogen) atoms. The van der Waals surface area contributed by atoms with Crippen molar-refractivity contribution in [3.63, 3.8) is 0 Å². The Bertz CT molecular complexity index is 1300. The SMILES string of the molecule is COC(=O)c1ccc(N2C[C@@H](C)N(C(=O)OC(C)(C)C)[C@@H](C)C2)c2ncc(OS(=O)(=O)C(F)(F)F)nc12. The molecule has 2 aromatic rings. The number of esters is 1. The topological polar surface area (TPSA) is 128 Å². The van der Waals surface area contributed by atoms with E-state index in [1.54, 1.807) is 31.7 Å². The second kappa shape index (κ2) is 9.84. The minimum atomic E-state index is -6.01. The van der Waals surface area contributed by atoms with Crippen LogP contribution in [-0.4, -0.2) is 78.7 Å². The van der Waals surface area contributed by atoms with E-state index in [0.29, 0.717) is 18.8 Å². The minimum Gasteiger partial charge on any atom is -0.465 e. The summed E-state index contributed by atoms with van der Waals surface area (Å²) in [7, 11) is -4.91. The van der Waals surface area contributed by atoms with E-state index in [0.717, 1.165) is 13.3 Å². The lowest BCUT2D eigenvalue weighted by Crippen LogP contribution is -2.59. The maximum absolute atomic E-state index is 12.8. The highest BCUT2D eigenvalue weighted by Gasteiger charge is 2.49. The first-order chi connectivity index (χ1) is 16.9. The maximum atomic E-state index is 12.8. The molecule has 1 aromatic carbocycles. The van der Waals surface area contributed by atoms with Crippen LogP contribution in [0.1, 0.15) is 45.0 Å². The van der Waals surface area contributed by atoms with Crippen LogP contribution in [0.5, 0.6) is 5.88 Å². The van der Waals surface area contributed by atoms with Gasteiger partial charge in [-0.15, -0.1) is 0 Å². The molecular weight excluding hydrogens is 521 g/mol. The van der Waals surface area contributed by atoms with Gasteiger partial charge in [-0.3, -0.25) is 4.90 Å². The van der Waals surface area contributed by atoms with Crippen LogP contribution in [0.15, 0.2) is 18.3 Å². The lowest BCUT2D eigenvalue weighted by atomic mass is 10.1. The van der Waals surface area contributed by atoms with E-state index >= 15 is 0 Å². The summed E-state index contributed by atoms with van der Waals surface area (Å²) in [6.07, 6.45) is 0.255. The highest BCUT2D eigenvalue weighted by atomic mass is 32.2. The summed E-state index contributed by atoms with van der Waals surface area (Å²) in [4.78, 5) is 36.5. The third-order valence-corrected chi connectivity index (χ3v) is 6.36. The van der Waals surface area contributed by atoms with Crippen LogP contribution < -0.4 is 9.08 Å². The molecule has 2 atom stereocenters. The number of methoxy groups -OCH3 is 1.